The molecule has 1 N–H and O–H groups in total. The molecule has 2 nitrogen and oxygen atoms in total. The van der Waals surface area contributed by atoms with Crippen molar-refractivity contribution in [3.63, 3.8) is 0 Å². The molecule has 76 valence electrons. The van der Waals surface area contributed by atoms with Gasteiger partial charge in [0, 0.05) is 13.9 Å². The Morgan fingerprint density at radius 2 is 2.07 bits per heavy atom. The van der Waals surface area contributed by atoms with Crippen LogP contribution in [0, 0.1) is 13.7 Å². The molecule has 0 aliphatic heterocycles. The number of rotatable bonds is 2. The van der Waals surface area contributed by atoms with E-state index < -0.39 is 59.4 Å². The topological polar surface area (TPSA) is 29.1 Å². The number of anilines is 1. The molecule has 0 fully saturated rings. The van der Waals surface area contributed by atoms with Gasteiger partial charge in [0.15, 0.2) is 4.84 Å². The van der Waals surface area contributed by atoms with Crippen LogP contribution in [0.5, 0.6) is 0 Å². The lowest BCUT2D eigenvalue weighted by Crippen LogP contribution is -2.19. The van der Waals surface area contributed by atoms with Gasteiger partial charge in [0.2, 0.25) is 0 Å². The van der Waals surface area contributed by atoms with Crippen LogP contribution in [-0.4, -0.2) is 10.7 Å². The Morgan fingerprint density at radius 3 is 2.50 bits per heavy atom. The average molecular weight is 241 g/mol. The molecule has 0 aliphatic carbocycles. The quantitative estimate of drug-likeness (QED) is 0.792. The summed E-state index contributed by atoms with van der Waals surface area (Å²) < 4.78 is 67.7. The van der Waals surface area contributed by atoms with Crippen LogP contribution >= 0.6 is 23.2 Å². The van der Waals surface area contributed by atoms with Gasteiger partial charge in [0.1, 0.15) is 0 Å². The Labute approximate surface area is 106 Å². The highest BCUT2D eigenvalue weighted by atomic mass is 35.5. The van der Waals surface area contributed by atoms with Gasteiger partial charge in [0.05, 0.1) is 4.11 Å². The van der Waals surface area contributed by atoms with Crippen molar-refractivity contribution in [2.75, 3.05) is 5.32 Å². The van der Waals surface area contributed by atoms with E-state index in [2.05, 4.69) is 0 Å². The minimum Gasteiger partial charge on any atom is -0.323 e. The standard InChI is InChI=1S/C10H11Cl2NO/c1-6-4-3-5-7(2)8(6)13-10(14)9(11)12/h3-5,9H,1-2H3,(H,13,14)/i1D3,2D3,3D,4D,5D. The summed E-state index contributed by atoms with van der Waals surface area (Å²) in [5.74, 6) is -1.11. The van der Waals surface area contributed by atoms with Gasteiger partial charge in [-0.25, -0.2) is 0 Å². The van der Waals surface area contributed by atoms with Gasteiger partial charge < -0.3 is 5.32 Å². The van der Waals surface area contributed by atoms with E-state index in [1.54, 1.807) is 0 Å². The molecule has 0 heterocycles. The fourth-order valence-corrected chi connectivity index (χ4v) is 0.818. The zero-order valence-corrected chi connectivity index (χ0v) is 8.25. The maximum atomic E-state index is 11.7. The van der Waals surface area contributed by atoms with Crippen molar-refractivity contribution in [1.29, 1.82) is 0 Å². The Bertz CT molecular complexity index is 598. The molecule has 0 saturated heterocycles. The lowest BCUT2D eigenvalue weighted by molar-refractivity contribution is -0.114. The molecule has 1 amide bonds. The SMILES string of the molecule is [2H]c1c([2H])c(C([2H])([2H])[2H])c(NC(=O)C(Cl)Cl)c(C([2H])([2H])[2H])c1[2H]. The molecule has 0 atom stereocenters. The van der Waals surface area contributed by atoms with Gasteiger partial charge in [-0.2, -0.15) is 0 Å². The molecular weight excluding hydrogens is 221 g/mol. The van der Waals surface area contributed by atoms with Crippen LogP contribution in [0.15, 0.2) is 18.1 Å². The van der Waals surface area contributed by atoms with Crippen molar-refractivity contribution in [3.05, 3.63) is 29.3 Å². The van der Waals surface area contributed by atoms with Gasteiger partial charge >= 0.3 is 0 Å². The highest BCUT2D eigenvalue weighted by Gasteiger charge is 2.13. The van der Waals surface area contributed by atoms with E-state index in [0.29, 0.717) is 0 Å². The first-order valence-electron chi connectivity index (χ1n) is 7.93. The third-order valence-electron chi connectivity index (χ3n) is 1.32. The Kier molecular flexibility index (Phi) is 1.34. The van der Waals surface area contributed by atoms with Crippen molar-refractivity contribution in [3.8, 4) is 0 Å². The molecule has 0 radical (unpaired) electrons. The number of benzene rings is 1. The van der Waals surface area contributed by atoms with E-state index in [4.69, 9.17) is 35.5 Å². The number of amides is 1. The molecule has 0 aromatic heterocycles. The van der Waals surface area contributed by atoms with Crippen LogP contribution in [-0.2, 0) is 4.79 Å². The van der Waals surface area contributed by atoms with Gasteiger partial charge in [0.25, 0.3) is 5.91 Å². The lowest BCUT2D eigenvalue weighted by Gasteiger charge is -2.11. The summed E-state index contributed by atoms with van der Waals surface area (Å²) in [5, 5.41) is 1.95. The summed E-state index contributed by atoms with van der Waals surface area (Å²) in [6, 6.07) is -2.62. The summed E-state index contributed by atoms with van der Waals surface area (Å²) in [5.41, 5.74) is -2.47. The number of nitrogens with one attached hydrogen (secondary N) is 1. The molecule has 1 aromatic carbocycles. The van der Waals surface area contributed by atoms with Crippen molar-refractivity contribution in [1.82, 2.24) is 0 Å². The van der Waals surface area contributed by atoms with Gasteiger partial charge in [-0.15, -0.1) is 0 Å². The first kappa shape index (κ1) is 4.03. The molecule has 0 unspecified atom stereocenters. The summed E-state index contributed by atoms with van der Waals surface area (Å²) in [7, 11) is 0. The zero-order valence-electron chi connectivity index (χ0n) is 15.7. The van der Waals surface area contributed by atoms with E-state index in [-0.39, 0.29) is 0 Å². The minimum atomic E-state index is -3.00. The molecule has 0 saturated carbocycles. The molecule has 0 bridgehead atoms. The van der Waals surface area contributed by atoms with E-state index in [0.717, 1.165) is 0 Å². The van der Waals surface area contributed by atoms with Crippen LogP contribution in [0.4, 0.5) is 5.69 Å². The number of para-hydroxylation sites is 1. The second-order valence-electron chi connectivity index (χ2n) is 2.29. The largest absolute Gasteiger partial charge is 0.323 e. The molecule has 14 heavy (non-hydrogen) atoms. The van der Waals surface area contributed by atoms with Crippen molar-refractivity contribution >= 4 is 34.8 Å². The summed E-state index contributed by atoms with van der Waals surface area (Å²) in [6.07, 6.45) is 0. The van der Waals surface area contributed by atoms with Crippen LogP contribution in [0.3, 0.4) is 0 Å². The first-order chi connectivity index (χ1) is 10.2. The van der Waals surface area contributed by atoms with Crippen molar-refractivity contribution in [2.45, 2.75) is 18.5 Å². The van der Waals surface area contributed by atoms with Crippen LogP contribution < -0.4 is 5.32 Å². The van der Waals surface area contributed by atoms with Crippen molar-refractivity contribution < 1.29 is 17.1 Å². The van der Waals surface area contributed by atoms with Gasteiger partial charge in [-0.05, 0) is 24.8 Å². The number of hydrogen-bond donors (Lipinski definition) is 1. The smallest absolute Gasteiger partial charge is 0.257 e. The maximum absolute atomic E-state index is 11.7. The maximum Gasteiger partial charge on any atom is 0.257 e. The highest BCUT2D eigenvalue weighted by molar-refractivity contribution is 6.54. The van der Waals surface area contributed by atoms with E-state index in [1.165, 1.54) is 0 Å². The van der Waals surface area contributed by atoms with Crippen LogP contribution in [0.2, 0.25) is 0 Å². The summed E-state index contributed by atoms with van der Waals surface area (Å²) in [4.78, 5) is 10.0. The number of carbonyl (C=O) groups is 1. The summed E-state index contributed by atoms with van der Waals surface area (Å²) in [6.45, 7) is -6.01. The fraction of sp³-hybridized carbons (Fsp3) is 0.300. The molecular formula is C10H11Cl2NO. The number of carbonyl (C=O) groups excluding carboxylic acids is 1. The predicted molar refractivity (Wildman–Crippen MR) is 60.0 cm³/mol. The average Bonchev–Trinajstić information content (AvgIpc) is 2.32. The fourth-order valence-electron chi connectivity index (χ4n) is 0.709. The summed E-state index contributed by atoms with van der Waals surface area (Å²) >= 11 is 10.7. The molecule has 4 heteroatoms. The monoisotopic (exact) mass is 240 g/mol. The zero-order chi connectivity index (χ0) is 18.3. The second-order valence-corrected chi connectivity index (χ2v) is 3.39. The number of alkyl halides is 2. The molecule has 1 rings (SSSR count). The molecule has 0 spiro atoms. The van der Waals surface area contributed by atoms with E-state index >= 15 is 0 Å². The minimum absolute atomic E-state index is 0.757. The number of halogens is 2. The Morgan fingerprint density at radius 1 is 1.50 bits per heavy atom. The van der Waals surface area contributed by atoms with Crippen LogP contribution in [0.25, 0.3) is 0 Å². The normalized spacial score (nSPS) is 21.5. The Hall–Kier alpha value is -0.730. The van der Waals surface area contributed by atoms with Crippen molar-refractivity contribution in [2.24, 2.45) is 0 Å². The second kappa shape index (κ2) is 4.67. The third-order valence-corrected chi connectivity index (χ3v) is 1.72. The third kappa shape index (κ3) is 2.63. The van der Waals surface area contributed by atoms with Gasteiger partial charge in [-0.3, -0.25) is 4.79 Å². The number of hydrogen-bond acceptors (Lipinski definition) is 1. The Balaban J connectivity index is 3.89. The van der Waals surface area contributed by atoms with Gasteiger partial charge in [-0.1, -0.05) is 41.3 Å². The van der Waals surface area contributed by atoms with Crippen LogP contribution in [0.1, 0.15) is 23.5 Å². The lowest BCUT2D eigenvalue weighted by atomic mass is 10.1. The van der Waals surface area contributed by atoms with E-state index in [1.807, 2.05) is 5.32 Å². The van der Waals surface area contributed by atoms with E-state index in [9.17, 15) is 4.79 Å². The molecule has 1 aromatic rings. The highest BCUT2D eigenvalue weighted by Crippen LogP contribution is 2.20. The predicted octanol–water partition coefficient (Wildman–Crippen LogP) is 3.05. The first-order valence-corrected chi connectivity index (χ1v) is 4.30. The molecule has 0 aliphatic rings.